The average Bonchev–Trinajstić information content (AvgIpc) is 3.39. The van der Waals surface area contributed by atoms with Crippen molar-refractivity contribution in [2.45, 2.75) is 18.3 Å². The van der Waals surface area contributed by atoms with Gasteiger partial charge in [0.1, 0.15) is 5.82 Å². The van der Waals surface area contributed by atoms with Gasteiger partial charge in [-0.05, 0) is 47.6 Å². The lowest BCUT2D eigenvalue weighted by Crippen LogP contribution is -1.95. The third-order valence-electron chi connectivity index (χ3n) is 4.03. The molecule has 4 rings (SSSR count). The maximum atomic E-state index is 13.2. The molecule has 1 saturated carbocycles. The Labute approximate surface area is 137 Å². The van der Waals surface area contributed by atoms with Crippen LogP contribution in [0.5, 0.6) is 0 Å². The minimum Gasteiger partial charge on any atom is -0.234 e. The zero-order valence-electron chi connectivity index (χ0n) is 12.0. The van der Waals surface area contributed by atoms with Crippen molar-refractivity contribution in [3.63, 3.8) is 0 Å². The van der Waals surface area contributed by atoms with E-state index in [0.29, 0.717) is 23.5 Å². The zero-order chi connectivity index (χ0) is 15.8. The number of nitrogens with zero attached hydrogens (tertiary/aromatic N) is 4. The third kappa shape index (κ3) is 2.80. The molecule has 0 spiro atoms. The molecule has 2 aromatic heterocycles. The first-order valence-electron chi connectivity index (χ1n) is 7.26. The van der Waals surface area contributed by atoms with Crippen molar-refractivity contribution in [3.8, 4) is 11.6 Å². The summed E-state index contributed by atoms with van der Waals surface area (Å²) < 4.78 is 13.2. The zero-order valence-corrected chi connectivity index (χ0v) is 12.8. The van der Waals surface area contributed by atoms with E-state index < -0.39 is 0 Å². The molecule has 0 N–H and O–H groups in total. The number of hydrogen-bond acceptors (Lipinski definition) is 4. The fourth-order valence-corrected chi connectivity index (χ4v) is 2.92. The van der Waals surface area contributed by atoms with E-state index in [2.05, 4.69) is 19.9 Å². The fraction of sp³-hybridized carbons (Fsp3) is 0.176. The molecular formula is C17H12ClFN4. The molecule has 2 heterocycles. The van der Waals surface area contributed by atoms with Crippen molar-refractivity contribution in [3.05, 3.63) is 71.0 Å². The molecule has 0 unspecified atom stereocenters. The highest BCUT2D eigenvalue weighted by atomic mass is 35.5. The summed E-state index contributed by atoms with van der Waals surface area (Å²) in [5.74, 6) is 1.33. The predicted octanol–water partition coefficient (Wildman–Crippen LogP) is 4.00. The molecule has 1 aliphatic rings. The van der Waals surface area contributed by atoms with Crippen LogP contribution in [0.1, 0.15) is 29.4 Å². The van der Waals surface area contributed by atoms with E-state index in [1.165, 1.54) is 6.07 Å². The molecule has 0 bridgehead atoms. The second-order valence-electron chi connectivity index (χ2n) is 5.53. The standard InChI is InChI=1S/C17H12ClFN4/c18-14-6-10(2-3-15(14)19)12-7-13(12)11-8-22-17(23-9-11)16-20-4-1-5-21-16/h1-6,8-9,12-13H,7H2/t12-,13+/m1/s1. The summed E-state index contributed by atoms with van der Waals surface area (Å²) in [4.78, 5) is 17.0. The lowest BCUT2D eigenvalue weighted by atomic mass is 10.1. The molecule has 1 aliphatic carbocycles. The van der Waals surface area contributed by atoms with Gasteiger partial charge in [0.25, 0.3) is 0 Å². The summed E-state index contributed by atoms with van der Waals surface area (Å²) in [6.45, 7) is 0. The minimum atomic E-state index is -0.386. The van der Waals surface area contributed by atoms with Crippen molar-refractivity contribution in [2.24, 2.45) is 0 Å². The van der Waals surface area contributed by atoms with Crippen molar-refractivity contribution in [1.29, 1.82) is 0 Å². The van der Waals surface area contributed by atoms with Gasteiger partial charge in [0.2, 0.25) is 0 Å². The quantitative estimate of drug-likeness (QED) is 0.730. The van der Waals surface area contributed by atoms with Crippen molar-refractivity contribution < 1.29 is 4.39 Å². The highest BCUT2D eigenvalue weighted by Gasteiger charge is 2.40. The van der Waals surface area contributed by atoms with Gasteiger partial charge in [0.15, 0.2) is 11.6 Å². The van der Waals surface area contributed by atoms with Gasteiger partial charge in [0, 0.05) is 24.8 Å². The molecule has 0 radical (unpaired) electrons. The summed E-state index contributed by atoms with van der Waals surface area (Å²) in [6.07, 6.45) is 7.94. The van der Waals surface area contributed by atoms with E-state index >= 15 is 0 Å². The van der Waals surface area contributed by atoms with Gasteiger partial charge >= 0.3 is 0 Å². The summed E-state index contributed by atoms with van der Waals surface area (Å²) in [6, 6.07) is 6.66. The predicted molar refractivity (Wildman–Crippen MR) is 84.6 cm³/mol. The Bertz CT molecular complexity index is 839. The lowest BCUT2D eigenvalue weighted by Gasteiger charge is -2.03. The van der Waals surface area contributed by atoms with E-state index in [0.717, 1.165) is 17.5 Å². The molecule has 1 aromatic carbocycles. The van der Waals surface area contributed by atoms with Crippen molar-refractivity contribution >= 4 is 11.6 Å². The van der Waals surface area contributed by atoms with Crippen LogP contribution < -0.4 is 0 Å². The van der Waals surface area contributed by atoms with Gasteiger partial charge in [0.05, 0.1) is 5.02 Å². The van der Waals surface area contributed by atoms with Crippen LogP contribution in [0.25, 0.3) is 11.6 Å². The van der Waals surface area contributed by atoms with Gasteiger partial charge in [-0.25, -0.2) is 24.3 Å². The first-order chi connectivity index (χ1) is 11.2. The normalized spacial score (nSPS) is 19.6. The van der Waals surface area contributed by atoms with Crippen LogP contribution in [0.2, 0.25) is 5.02 Å². The number of rotatable bonds is 3. The first kappa shape index (κ1) is 14.2. The topological polar surface area (TPSA) is 51.6 Å². The highest BCUT2D eigenvalue weighted by Crippen LogP contribution is 2.54. The van der Waals surface area contributed by atoms with E-state index in [9.17, 15) is 4.39 Å². The van der Waals surface area contributed by atoms with Gasteiger partial charge < -0.3 is 0 Å². The fourth-order valence-electron chi connectivity index (χ4n) is 2.73. The van der Waals surface area contributed by atoms with Crippen LogP contribution >= 0.6 is 11.6 Å². The molecule has 0 aliphatic heterocycles. The molecular weight excluding hydrogens is 315 g/mol. The Morgan fingerprint density at radius 3 is 2.26 bits per heavy atom. The summed E-state index contributed by atoms with van der Waals surface area (Å²) >= 11 is 5.85. The summed E-state index contributed by atoms with van der Waals surface area (Å²) in [5.41, 5.74) is 2.12. The second kappa shape index (κ2) is 5.66. The maximum absolute atomic E-state index is 13.2. The van der Waals surface area contributed by atoms with Crippen LogP contribution in [0.4, 0.5) is 4.39 Å². The number of benzene rings is 1. The van der Waals surface area contributed by atoms with Gasteiger partial charge in [-0.3, -0.25) is 0 Å². The van der Waals surface area contributed by atoms with Crippen LogP contribution in [-0.2, 0) is 0 Å². The maximum Gasteiger partial charge on any atom is 0.197 e. The van der Waals surface area contributed by atoms with E-state index in [-0.39, 0.29) is 10.8 Å². The largest absolute Gasteiger partial charge is 0.234 e. The third-order valence-corrected chi connectivity index (χ3v) is 4.32. The molecule has 2 atom stereocenters. The Morgan fingerprint density at radius 2 is 1.57 bits per heavy atom. The molecule has 0 amide bonds. The Hall–Kier alpha value is -2.40. The van der Waals surface area contributed by atoms with Crippen molar-refractivity contribution in [1.82, 2.24) is 19.9 Å². The van der Waals surface area contributed by atoms with Gasteiger partial charge in [-0.1, -0.05) is 17.7 Å². The van der Waals surface area contributed by atoms with Crippen LogP contribution in [0.15, 0.2) is 49.1 Å². The Morgan fingerprint density at radius 1 is 0.913 bits per heavy atom. The monoisotopic (exact) mass is 326 g/mol. The van der Waals surface area contributed by atoms with Gasteiger partial charge in [-0.15, -0.1) is 0 Å². The Kier molecular flexibility index (Phi) is 3.50. The first-order valence-corrected chi connectivity index (χ1v) is 7.64. The lowest BCUT2D eigenvalue weighted by molar-refractivity contribution is 0.627. The molecule has 23 heavy (non-hydrogen) atoms. The number of halogens is 2. The van der Waals surface area contributed by atoms with E-state index in [1.807, 2.05) is 12.4 Å². The molecule has 6 heteroatoms. The molecule has 3 aromatic rings. The SMILES string of the molecule is Fc1ccc([C@H]2C[C@H]2c2cnc(-c3ncccn3)nc2)cc1Cl. The molecule has 1 fully saturated rings. The molecule has 4 nitrogen and oxygen atoms in total. The average molecular weight is 327 g/mol. The number of hydrogen-bond donors (Lipinski definition) is 0. The second-order valence-corrected chi connectivity index (χ2v) is 5.94. The van der Waals surface area contributed by atoms with Crippen LogP contribution in [-0.4, -0.2) is 19.9 Å². The Balaban J connectivity index is 1.53. The summed E-state index contributed by atoms with van der Waals surface area (Å²) in [5, 5.41) is 0.168. The summed E-state index contributed by atoms with van der Waals surface area (Å²) in [7, 11) is 0. The van der Waals surface area contributed by atoms with Crippen molar-refractivity contribution in [2.75, 3.05) is 0 Å². The van der Waals surface area contributed by atoms with Crippen LogP contribution in [0.3, 0.4) is 0 Å². The van der Waals surface area contributed by atoms with Gasteiger partial charge in [-0.2, -0.15) is 0 Å². The van der Waals surface area contributed by atoms with E-state index in [4.69, 9.17) is 11.6 Å². The smallest absolute Gasteiger partial charge is 0.197 e. The molecule has 0 saturated heterocycles. The molecule has 114 valence electrons. The minimum absolute atomic E-state index is 0.168. The van der Waals surface area contributed by atoms with E-state index in [1.54, 1.807) is 30.6 Å². The highest BCUT2D eigenvalue weighted by molar-refractivity contribution is 6.30. The van der Waals surface area contributed by atoms with Crippen LogP contribution in [0, 0.1) is 5.82 Å². The number of aromatic nitrogens is 4.